The average molecular weight is 281 g/mol. The van der Waals surface area contributed by atoms with E-state index in [1.807, 2.05) is 0 Å². The van der Waals surface area contributed by atoms with Crippen LogP contribution >= 0.6 is 11.3 Å². The molecule has 2 rings (SSSR count). The standard InChI is InChI=1S/C15H27N3S/c1-5-18-8-6-14(7-9-18)10-16-11(2)15-12(3)19-13(4)17-15/h11,14,16H,5-10H2,1-4H3. The van der Waals surface area contributed by atoms with Gasteiger partial charge in [-0.2, -0.15) is 0 Å². The van der Waals surface area contributed by atoms with Gasteiger partial charge in [0.25, 0.3) is 0 Å². The molecule has 0 aliphatic carbocycles. The fraction of sp³-hybridized carbons (Fsp3) is 0.800. The van der Waals surface area contributed by atoms with Gasteiger partial charge in [0.2, 0.25) is 0 Å². The van der Waals surface area contributed by atoms with Gasteiger partial charge in [-0.3, -0.25) is 0 Å². The topological polar surface area (TPSA) is 28.2 Å². The number of aryl methyl sites for hydroxylation is 2. The third-order valence-electron chi connectivity index (χ3n) is 4.22. The van der Waals surface area contributed by atoms with Gasteiger partial charge < -0.3 is 10.2 Å². The second-order valence-corrected chi connectivity index (χ2v) is 7.09. The molecule has 1 N–H and O–H groups in total. The van der Waals surface area contributed by atoms with E-state index in [2.05, 4.69) is 42.9 Å². The summed E-state index contributed by atoms with van der Waals surface area (Å²) in [7, 11) is 0. The van der Waals surface area contributed by atoms with Gasteiger partial charge in [-0.05, 0) is 65.7 Å². The van der Waals surface area contributed by atoms with Crippen molar-refractivity contribution in [1.82, 2.24) is 15.2 Å². The van der Waals surface area contributed by atoms with E-state index in [9.17, 15) is 0 Å². The third kappa shape index (κ3) is 4.01. The van der Waals surface area contributed by atoms with Crippen LogP contribution in [0.15, 0.2) is 0 Å². The Morgan fingerprint density at radius 2 is 2.05 bits per heavy atom. The van der Waals surface area contributed by atoms with E-state index in [1.54, 1.807) is 11.3 Å². The Morgan fingerprint density at radius 1 is 1.37 bits per heavy atom. The lowest BCUT2D eigenvalue weighted by Crippen LogP contribution is -2.37. The molecule has 1 fully saturated rings. The molecule has 0 amide bonds. The summed E-state index contributed by atoms with van der Waals surface area (Å²) in [6, 6.07) is 0.383. The Hall–Kier alpha value is -0.450. The van der Waals surface area contributed by atoms with Crippen LogP contribution in [0.4, 0.5) is 0 Å². The van der Waals surface area contributed by atoms with Crippen molar-refractivity contribution in [2.75, 3.05) is 26.2 Å². The maximum Gasteiger partial charge on any atom is 0.0900 e. The average Bonchev–Trinajstić information content (AvgIpc) is 2.75. The molecule has 2 heterocycles. The second kappa shape index (κ2) is 6.82. The minimum absolute atomic E-state index is 0.383. The number of hydrogen-bond acceptors (Lipinski definition) is 4. The first-order valence-electron chi connectivity index (χ1n) is 7.49. The summed E-state index contributed by atoms with van der Waals surface area (Å²) >= 11 is 1.80. The van der Waals surface area contributed by atoms with Crippen LogP contribution in [-0.2, 0) is 0 Å². The van der Waals surface area contributed by atoms with Gasteiger partial charge in [-0.15, -0.1) is 11.3 Å². The van der Waals surface area contributed by atoms with E-state index in [1.165, 1.54) is 48.1 Å². The first kappa shape index (κ1) is 14.9. The van der Waals surface area contributed by atoms with Crippen molar-refractivity contribution in [2.24, 2.45) is 5.92 Å². The van der Waals surface area contributed by atoms with Crippen LogP contribution in [-0.4, -0.2) is 36.1 Å². The highest BCUT2D eigenvalue weighted by Crippen LogP contribution is 2.23. The Morgan fingerprint density at radius 3 is 2.58 bits per heavy atom. The van der Waals surface area contributed by atoms with E-state index in [0.29, 0.717) is 6.04 Å². The van der Waals surface area contributed by atoms with Gasteiger partial charge in [0.05, 0.1) is 10.7 Å². The molecule has 0 aromatic carbocycles. The molecule has 0 spiro atoms. The predicted octanol–water partition coefficient (Wildman–Crippen LogP) is 3.14. The molecule has 1 saturated heterocycles. The first-order chi connectivity index (χ1) is 9.10. The number of nitrogens with one attached hydrogen (secondary N) is 1. The third-order valence-corrected chi connectivity index (χ3v) is 5.12. The van der Waals surface area contributed by atoms with E-state index in [0.717, 1.165) is 12.5 Å². The highest BCUT2D eigenvalue weighted by molar-refractivity contribution is 7.11. The van der Waals surface area contributed by atoms with Gasteiger partial charge in [0, 0.05) is 10.9 Å². The van der Waals surface area contributed by atoms with Crippen LogP contribution in [0.2, 0.25) is 0 Å². The molecule has 0 radical (unpaired) electrons. The van der Waals surface area contributed by atoms with Crippen LogP contribution < -0.4 is 5.32 Å². The largest absolute Gasteiger partial charge is 0.309 e. The lowest BCUT2D eigenvalue weighted by molar-refractivity contribution is 0.188. The molecule has 3 nitrogen and oxygen atoms in total. The summed E-state index contributed by atoms with van der Waals surface area (Å²) < 4.78 is 0. The molecule has 1 unspecified atom stereocenters. The predicted molar refractivity (Wildman–Crippen MR) is 82.8 cm³/mol. The molecule has 1 aliphatic rings. The number of rotatable bonds is 5. The summed E-state index contributed by atoms with van der Waals surface area (Å²) in [5, 5.41) is 4.86. The van der Waals surface area contributed by atoms with Gasteiger partial charge in [-0.25, -0.2) is 4.98 Å². The molecule has 0 bridgehead atoms. The minimum Gasteiger partial charge on any atom is -0.309 e. The highest BCUT2D eigenvalue weighted by atomic mass is 32.1. The summed E-state index contributed by atoms with van der Waals surface area (Å²) in [6.45, 7) is 13.6. The Bertz CT molecular complexity index is 394. The van der Waals surface area contributed by atoms with Crippen molar-refractivity contribution in [3.05, 3.63) is 15.6 Å². The minimum atomic E-state index is 0.383. The molecule has 1 aromatic heterocycles. The van der Waals surface area contributed by atoms with Crippen LogP contribution in [0.5, 0.6) is 0 Å². The summed E-state index contributed by atoms with van der Waals surface area (Å²) in [5.41, 5.74) is 1.24. The van der Waals surface area contributed by atoms with Crippen molar-refractivity contribution in [3.63, 3.8) is 0 Å². The maximum atomic E-state index is 4.65. The number of thiazole rings is 1. The Labute approximate surface area is 121 Å². The van der Waals surface area contributed by atoms with E-state index in [-0.39, 0.29) is 0 Å². The van der Waals surface area contributed by atoms with Crippen molar-refractivity contribution in [2.45, 2.75) is 46.6 Å². The lowest BCUT2D eigenvalue weighted by atomic mass is 9.96. The molecule has 108 valence electrons. The summed E-state index contributed by atoms with van der Waals surface area (Å²) in [6.07, 6.45) is 2.67. The van der Waals surface area contributed by atoms with Crippen molar-refractivity contribution in [3.8, 4) is 0 Å². The molecule has 1 aliphatic heterocycles. The zero-order valence-corrected chi connectivity index (χ0v) is 13.5. The Balaban J connectivity index is 1.78. The quantitative estimate of drug-likeness (QED) is 0.898. The van der Waals surface area contributed by atoms with E-state index >= 15 is 0 Å². The van der Waals surface area contributed by atoms with Gasteiger partial charge in [0.1, 0.15) is 0 Å². The highest BCUT2D eigenvalue weighted by Gasteiger charge is 2.19. The molecule has 19 heavy (non-hydrogen) atoms. The second-order valence-electron chi connectivity index (χ2n) is 5.68. The molecular weight excluding hydrogens is 254 g/mol. The Kier molecular flexibility index (Phi) is 5.37. The van der Waals surface area contributed by atoms with Crippen molar-refractivity contribution < 1.29 is 0 Å². The zero-order chi connectivity index (χ0) is 13.8. The first-order valence-corrected chi connectivity index (χ1v) is 8.31. The van der Waals surface area contributed by atoms with Gasteiger partial charge in [-0.1, -0.05) is 6.92 Å². The van der Waals surface area contributed by atoms with Gasteiger partial charge >= 0.3 is 0 Å². The summed E-state index contributed by atoms with van der Waals surface area (Å²) in [5.74, 6) is 0.838. The number of aromatic nitrogens is 1. The normalized spacial score (nSPS) is 19.8. The summed E-state index contributed by atoms with van der Waals surface area (Å²) in [4.78, 5) is 8.56. The van der Waals surface area contributed by atoms with Gasteiger partial charge in [0.15, 0.2) is 0 Å². The van der Waals surface area contributed by atoms with E-state index < -0.39 is 0 Å². The SMILES string of the molecule is CCN1CCC(CNC(C)c2nc(C)sc2C)CC1. The monoisotopic (exact) mass is 281 g/mol. The number of hydrogen-bond donors (Lipinski definition) is 1. The molecule has 1 atom stereocenters. The van der Waals surface area contributed by atoms with Crippen LogP contribution in [0.25, 0.3) is 0 Å². The number of nitrogens with zero attached hydrogens (tertiary/aromatic N) is 2. The number of likely N-dealkylation sites (tertiary alicyclic amines) is 1. The maximum absolute atomic E-state index is 4.65. The van der Waals surface area contributed by atoms with Crippen LogP contribution in [0.1, 0.15) is 48.3 Å². The molecule has 0 saturated carbocycles. The molecular formula is C15H27N3S. The smallest absolute Gasteiger partial charge is 0.0900 e. The van der Waals surface area contributed by atoms with Crippen LogP contribution in [0.3, 0.4) is 0 Å². The zero-order valence-electron chi connectivity index (χ0n) is 12.7. The van der Waals surface area contributed by atoms with Crippen molar-refractivity contribution >= 4 is 11.3 Å². The number of piperidine rings is 1. The fourth-order valence-electron chi connectivity index (χ4n) is 2.89. The lowest BCUT2D eigenvalue weighted by Gasteiger charge is -2.31. The van der Waals surface area contributed by atoms with E-state index in [4.69, 9.17) is 0 Å². The molecule has 4 heteroatoms. The molecule has 1 aromatic rings. The van der Waals surface area contributed by atoms with Crippen LogP contribution in [0, 0.1) is 19.8 Å². The fourth-order valence-corrected chi connectivity index (χ4v) is 3.81. The van der Waals surface area contributed by atoms with Crippen molar-refractivity contribution in [1.29, 1.82) is 0 Å².